The molecule has 1 saturated heterocycles. The van der Waals surface area contributed by atoms with Crippen LogP contribution in [0.4, 0.5) is 13.6 Å². The van der Waals surface area contributed by atoms with Crippen molar-refractivity contribution >= 4 is 40.6 Å². The summed E-state index contributed by atoms with van der Waals surface area (Å²) < 4.78 is 32.5. The highest BCUT2D eigenvalue weighted by molar-refractivity contribution is 8.18. The monoisotopic (exact) mass is 471 g/mol. The van der Waals surface area contributed by atoms with Crippen molar-refractivity contribution in [1.82, 2.24) is 4.90 Å². The molecule has 0 spiro atoms. The quantitative estimate of drug-likeness (QED) is 0.388. The Bertz CT molecular complexity index is 1180. The Morgan fingerprint density at radius 2 is 1.69 bits per heavy atom. The van der Waals surface area contributed by atoms with Crippen LogP contribution in [0.3, 0.4) is 0 Å². The molecule has 0 N–H and O–H groups in total. The summed E-state index contributed by atoms with van der Waals surface area (Å²) in [5.41, 5.74) is 1.63. The van der Waals surface area contributed by atoms with Crippen LogP contribution in [0.5, 0.6) is 5.75 Å². The summed E-state index contributed by atoms with van der Waals surface area (Å²) in [4.78, 5) is 26.3. The number of nitrogens with zero attached hydrogens (tertiary/aromatic N) is 1. The molecule has 0 unspecified atom stereocenters. The lowest BCUT2D eigenvalue weighted by Gasteiger charge is -2.12. The average Bonchev–Trinajstić information content (AvgIpc) is 3.03. The van der Waals surface area contributed by atoms with Crippen molar-refractivity contribution in [1.29, 1.82) is 0 Å². The van der Waals surface area contributed by atoms with Gasteiger partial charge in [0.2, 0.25) is 0 Å². The first-order chi connectivity index (χ1) is 15.4. The fourth-order valence-corrected chi connectivity index (χ4v) is 4.10. The Morgan fingerprint density at radius 3 is 2.38 bits per heavy atom. The highest BCUT2D eigenvalue weighted by atomic mass is 35.5. The minimum Gasteiger partial charge on any atom is -0.489 e. The molecule has 3 aromatic rings. The number of amides is 2. The fourth-order valence-electron chi connectivity index (χ4n) is 3.05. The second-order valence-electron chi connectivity index (χ2n) is 6.95. The standard InChI is InChI=1S/C24H16ClF2NO3S/c25-20-2-1-3-21(27)19(20)14-31-18-10-6-15(7-11-18)12-22-23(29)28(24(30)32-22)13-16-4-8-17(26)9-5-16/h1-12H,13-14H2/b22-12-. The van der Waals surface area contributed by atoms with Gasteiger partial charge in [0.25, 0.3) is 11.1 Å². The van der Waals surface area contributed by atoms with Crippen molar-refractivity contribution in [3.05, 3.63) is 105 Å². The first kappa shape index (κ1) is 22.0. The number of imide groups is 1. The second kappa shape index (κ2) is 9.54. The van der Waals surface area contributed by atoms with Gasteiger partial charge in [-0.1, -0.05) is 41.9 Å². The van der Waals surface area contributed by atoms with E-state index >= 15 is 0 Å². The molecule has 8 heteroatoms. The zero-order valence-corrected chi connectivity index (χ0v) is 18.1. The van der Waals surface area contributed by atoms with Gasteiger partial charge in [-0.3, -0.25) is 14.5 Å². The highest BCUT2D eigenvalue weighted by Crippen LogP contribution is 2.33. The van der Waals surface area contributed by atoms with Gasteiger partial charge < -0.3 is 4.74 Å². The van der Waals surface area contributed by atoms with Gasteiger partial charge in [0.1, 0.15) is 24.0 Å². The lowest BCUT2D eigenvalue weighted by Crippen LogP contribution is -2.27. The molecule has 0 atom stereocenters. The van der Waals surface area contributed by atoms with Crippen molar-refractivity contribution in [2.24, 2.45) is 0 Å². The van der Waals surface area contributed by atoms with Gasteiger partial charge in [0.05, 0.1) is 16.5 Å². The van der Waals surface area contributed by atoms with Crippen molar-refractivity contribution in [3.8, 4) is 5.75 Å². The van der Waals surface area contributed by atoms with Crippen LogP contribution >= 0.6 is 23.4 Å². The number of hydrogen-bond acceptors (Lipinski definition) is 4. The Balaban J connectivity index is 1.42. The summed E-state index contributed by atoms with van der Waals surface area (Å²) in [5, 5.41) is -0.0923. The van der Waals surface area contributed by atoms with Crippen molar-refractivity contribution in [2.75, 3.05) is 0 Å². The minimum atomic E-state index is -0.439. The van der Waals surface area contributed by atoms with Crippen LogP contribution < -0.4 is 4.74 Å². The molecule has 162 valence electrons. The van der Waals surface area contributed by atoms with Gasteiger partial charge in [-0.2, -0.15) is 0 Å². The number of carbonyl (C=O) groups excluding carboxylic acids is 2. The SMILES string of the molecule is O=C1S/C(=C\c2ccc(OCc3c(F)cccc3Cl)cc2)C(=O)N1Cc1ccc(F)cc1. The van der Waals surface area contributed by atoms with E-state index in [9.17, 15) is 18.4 Å². The number of rotatable bonds is 6. The molecule has 2 amide bonds. The second-order valence-corrected chi connectivity index (χ2v) is 8.35. The van der Waals surface area contributed by atoms with E-state index in [1.54, 1.807) is 36.4 Å². The van der Waals surface area contributed by atoms with E-state index in [2.05, 4.69) is 0 Å². The maximum absolute atomic E-state index is 13.8. The first-order valence-corrected chi connectivity index (χ1v) is 10.8. The molecular weight excluding hydrogens is 456 g/mol. The molecule has 0 bridgehead atoms. The van der Waals surface area contributed by atoms with Gasteiger partial charge in [-0.05, 0) is 65.4 Å². The fraction of sp³-hybridized carbons (Fsp3) is 0.0833. The Morgan fingerprint density at radius 1 is 0.969 bits per heavy atom. The molecule has 4 rings (SSSR count). The highest BCUT2D eigenvalue weighted by Gasteiger charge is 2.34. The van der Waals surface area contributed by atoms with E-state index in [1.165, 1.54) is 36.4 Å². The normalized spacial score (nSPS) is 15.0. The van der Waals surface area contributed by atoms with E-state index in [1.807, 2.05) is 0 Å². The zero-order valence-electron chi connectivity index (χ0n) is 16.6. The summed E-state index contributed by atoms with van der Waals surface area (Å²) in [6.07, 6.45) is 1.62. The topological polar surface area (TPSA) is 46.6 Å². The summed E-state index contributed by atoms with van der Waals surface area (Å²) in [6, 6.07) is 16.9. The third-order valence-electron chi connectivity index (χ3n) is 4.75. The number of hydrogen-bond donors (Lipinski definition) is 0. The van der Waals surface area contributed by atoms with Gasteiger partial charge in [-0.15, -0.1) is 0 Å². The molecule has 0 saturated carbocycles. The van der Waals surface area contributed by atoms with Crippen LogP contribution in [0.2, 0.25) is 5.02 Å². The van der Waals surface area contributed by atoms with E-state index in [0.29, 0.717) is 21.8 Å². The van der Waals surface area contributed by atoms with Crippen LogP contribution in [0, 0.1) is 11.6 Å². The molecule has 1 heterocycles. The average molecular weight is 472 g/mol. The number of halogens is 3. The Kier molecular flexibility index (Phi) is 6.58. The molecule has 3 aromatic carbocycles. The maximum atomic E-state index is 13.8. The molecule has 0 aliphatic carbocycles. The van der Waals surface area contributed by atoms with Gasteiger partial charge >= 0.3 is 0 Å². The number of carbonyl (C=O) groups is 2. The minimum absolute atomic E-state index is 0.0207. The molecular formula is C24H16ClF2NO3S. The maximum Gasteiger partial charge on any atom is 0.293 e. The van der Waals surface area contributed by atoms with Crippen molar-refractivity contribution in [2.45, 2.75) is 13.2 Å². The largest absolute Gasteiger partial charge is 0.489 e. The Hall–Kier alpha value is -3.16. The summed E-state index contributed by atoms with van der Waals surface area (Å²) >= 11 is 6.85. The lowest BCUT2D eigenvalue weighted by atomic mass is 10.2. The van der Waals surface area contributed by atoms with E-state index in [4.69, 9.17) is 16.3 Å². The van der Waals surface area contributed by atoms with Gasteiger partial charge in [-0.25, -0.2) is 8.78 Å². The Labute approximate surface area is 192 Å². The number of thioether (sulfide) groups is 1. The number of benzene rings is 3. The van der Waals surface area contributed by atoms with Crippen LogP contribution in [0.1, 0.15) is 16.7 Å². The summed E-state index contributed by atoms with van der Waals surface area (Å²) in [5.74, 6) is -0.720. The van der Waals surface area contributed by atoms with Crippen molar-refractivity contribution in [3.63, 3.8) is 0 Å². The van der Waals surface area contributed by atoms with Gasteiger partial charge in [0.15, 0.2) is 0 Å². The van der Waals surface area contributed by atoms with Crippen LogP contribution in [-0.4, -0.2) is 16.0 Å². The molecule has 32 heavy (non-hydrogen) atoms. The summed E-state index contributed by atoms with van der Waals surface area (Å²) in [6.45, 7) is 0.0563. The zero-order chi connectivity index (χ0) is 22.7. The third kappa shape index (κ3) is 5.00. The van der Waals surface area contributed by atoms with Crippen LogP contribution in [0.15, 0.2) is 71.6 Å². The molecule has 1 aliphatic heterocycles. The predicted molar refractivity (Wildman–Crippen MR) is 120 cm³/mol. The van der Waals surface area contributed by atoms with Crippen molar-refractivity contribution < 1.29 is 23.1 Å². The molecule has 1 fully saturated rings. The van der Waals surface area contributed by atoms with E-state index in [0.717, 1.165) is 16.7 Å². The van der Waals surface area contributed by atoms with E-state index < -0.39 is 11.7 Å². The molecule has 0 aromatic heterocycles. The van der Waals surface area contributed by atoms with Gasteiger partial charge in [0, 0.05) is 5.56 Å². The molecule has 1 aliphatic rings. The summed E-state index contributed by atoms with van der Waals surface area (Å²) in [7, 11) is 0. The smallest absolute Gasteiger partial charge is 0.293 e. The third-order valence-corrected chi connectivity index (χ3v) is 6.01. The number of ether oxygens (including phenoxy) is 1. The van der Waals surface area contributed by atoms with Crippen LogP contribution in [0.25, 0.3) is 6.08 Å². The first-order valence-electron chi connectivity index (χ1n) is 9.56. The van der Waals surface area contributed by atoms with E-state index in [-0.39, 0.29) is 34.8 Å². The lowest BCUT2D eigenvalue weighted by molar-refractivity contribution is -0.123. The molecule has 0 radical (unpaired) electrons. The van der Waals surface area contributed by atoms with Crippen LogP contribution in [-0.2, 0) is 17.9 Å². The predicted octanol–water partition coefficient (Wildman–Crippen LogP) is 6.43. The molecule has 4 nitrogen and oxygen atoms in total.